The summed E-state index contributed by atoms with van der Waals surface area (Å²) in [4.78, 5) is 0. The smallest absolute Gasteiger partial charge is 0.0702 e. The lowest BCUT2D eigenvalue weighted by atomic mass is 9.66. The Morgan fingerprint density at radius 2 is 2.30 bits per heavy atom. The molecule has 0 saturated heterocycles. The van der Waals surface area contributed by atoms with Gasteiger partial charge in [0.25, 0.3) is 0 Å². The van der Waals surface area contributed by atoms with E-state index in [1.54, 1.807) is 0 Å². The van der Waals surface area contributed by atoms with Gasteiger partial charge in [0.2, 0.25) is 0 Å². The lowest BCUT2D eigenvalue weighted by Gasteiger charge is -2.41. The van der Waals surface area contributed by atoms with Crippen molar-refractivity contribution in [1.82, 2.24) is 0 Å². The number of rotatable bonds is 2. The van der Waals surface area contributed by atoms with E-state index in [4.69, 9.17) is 6.42 Å². The van der Waals surface area contributed by atoms with E-state index in [-0.39, 0.29) is 11.5 Å². The largest absolute Gasteiger partial charge is 0.392 e. The van der Waals surface area contributed by atoms with E-state index in [0.717, 1.165) is 12.8 Å². The van der Waals surface area contributed by atoms with Crippen LogP contribution < -0.4 is 0 Å². The monoisotopic (exact) mass is 138 g/mol. The van der Waals surface area contributed by atoms with Gasteiger partial charge in [0.05, 0.1) is 6.10 Å². The fourth-order valence-electron chi connectivity index (χ4n) is 1.43. The molecule has 0 unspecified atom stereocenters. The molecule has 0 aromatic rings. The average Bonchev–Trinajstić information content (AvgIpc) is 1.83. The lowest BCUT2D eigenvalue weighted by Crippen LogP contribution is -2.38. The molecule has 56 valence electrons. The van der Waals surface area contributed by atoms with Crippen LogP contribution in [0.2, 0.25) is 0 Å². The summed E-state index contributed by atoms with van der Waals surface area (Å²) in [5.74, 6) is 2.49. The number of aliphatic hydroxyl groups is 1. The summed E-state index contributed by atoms with van der Waals surface area (Å²) in [6.45, 7) is 2.11. The van der Waals surface area contributed by atoms with Crippen LogP contribution in [0.15, 0.2) is 0 Å². The highest BCUT2D eigenvalue weighted by Gasteiger charge is 2.37. The minimum absolute atomic E-state index is 0.145. The van der Waals surface area contributed by atoms with E-state index in [9.17, 15) is 5.11 Å². The maximum absolute atomic E-state index is 9.49. The van der Waals surface area contributed by atoms with Crippen LogP contribution in [0.1, 0.15) is 32.6 Å². The summed E-state index contributed by atoms with van der Waals surface area (Å²) in [7, 11) is 0. The van der Waals surface area contributed by atoms with Gasteiger partial charge in [-0.25, -0.2) is 0 Å². The van der Waals surface area contributed by atoms with E-state index in [0.29, 0.717) is 6.42 Å². The summed E-state index contributed by atoms with van der Waals surface area (Å²) in [5, 5.41) is 9.49. The first kappa shape index (κ1) is 7.63. The molecule has 1 aliphatic carbocycles. The van der Waals surface area contributed by atoms with Crippen LogP contribution in [-0.2, 0) is 0 Å². The van der Waals surface area contributed by atoms with E-state index in [2.05, 4.69) is 12.8 Å². The zero-order chi connectivity index (χ0) is 7.61. The van der Waals surface area contributed by atoms with Gasteiger partial charge in [-0.2, -0.15) is 0 Å². The van der Waals surface area contributed by atoms with Crippen molar-refractivity contribution in [3.05, 3.63) is 0 Å². The molecule has 1 N–H and O–H groups in total. The number of hydrogen-bond donors (Lipinski definition) is 1. The quantitative estimate of drug-likeness (QED) is 0.574. The Labute approximate surface area is 62.4 Å². The first-order valence-corrected chi connectivity index (χ1v) is 3.80. The van der Waals surface area contributed by atoms with Crippen molar-refractivity contribution in [2.45, 2.75) is 38.7 Å². The first-order chi connectivity index (χ1) is 4.69. The Bertz CT molecular complexity index is 151. The molecule has 0 amide bonds. The Morgan fingerprint density at radius 3 is 2.60 bits per heavy atom. The molecule has 0 aromatic carbocycles. The molecule has 10 heavy (non-hydrogen) atoms. The number of hydrogen-bond acceptors (Lipinski definition) is 1. The molecule has 1 atom stereocenters. The van der Waals surface area contributed by atoms with Crippen molar-refractivity contribution >= 4 is 0 Å². The van der Waals surface area contributed by atoms with Crippen LogP contribution in [-0.4, -0.2) is 11.2 Å². The second-order valence-electron chi connectivity index (χ2n) is 3.43. The third kappa shape index (κ3) is 1.17. The van der Waals surface area contributed by atoms with Crippen LogP contribution in [0.3, 0.4) is 0 Å². The SMILES string of the molecule is C#CC[C@@H](O)C1(C)CCC1. The zero-order valence-corrected chi connectivity index (χ0v) is 6.43. The van der Waals surface area contributed by atoms with Gasteiger partial charge in [0.15, 0.2) is 0 Å². The fraction of sp³-hybridized carbons (Fsp3) is 0.778. The van der Waals surface area contributed by atoms with E-state index in [1.807, 2.05) is 0 Å². The third-order valence-corrected chi connectivity index (χ3v) is 2.61. The van der Waals surface area contributed by atoms with Crippen LogP contribution in [0.5, 0.6) is 0 Å². The molecule has 1 rings (SSSR count). The standard InChI is InChI=1S/C9H14O/c1-3-5-8(10)9(2)6-4-7-9/h1,8,10H,4-7H2,2H3/t8-/m1/s1. The van der Waals surface area contributed by atoms with Gasteiger partial charge in [0, 0.05) is 6.42 Å². The molecule has 1 heteroatoms. The minimum Gasteiger partial charge on any atom is -0.392 e. The molecule has 1 fully saturated rings. The van der Waals surface area contributed by atoms with Gasteiger partial charge < -0.3 is 5.11 Å². The Balaban J connectivity index is 2.40. The summed E-state index contributed by atoms with van der Waals surface area (Å²) in [6, 6.07) is 0. The number of terminal acetylenes is 1. The van der Waals surface area contributed by atoms with Gasteiger partial charge in [0.1, 0.15) is 0 Å². The molecule has 0 spiro atoms. The highest BCUT2D eigenvalue weighted by atomic mass is 16.3. The molecule has 1 aliphatic rings. The molecule has 1 nitrogen and oxygen atoms in total. The number of aliphatic hydroxyl groups excluding tert-OH is 1. The molecule has 0 bridgehead atoms. The highest BCUT2D eigenvalue weighted by molar-refractivity contribution is 4.96. The zero-order valence-electron chi connectivity index (χ0n) is 6.43. The third-order valence-electron chi connectivity index (χ3n) is 2.61. The molecule has 0 aromatic heterocycles. The molecule has 0 heterocycles. The van der Waals surface area contributed by atoms with Crippen LogP contribution in [0, 0.1) is 17.8 Å². The maximum Gasteiger partial charge on any atom is 0.0702 e. The van der Waals surface area contributed by atoms with Gasteiger partial charge in [-0.15, -0.1) is 12.3 Å². The van der Waals surface area contributed by atoms with Gasteiger partial charge in [-0.3, -0.25) is 0 Å². The van der Waals surface area contributed by atoms with Crippen molar-refractivity contribution < 1.29 is 5.11 Å². The molecular formula is C9H14O. The maximum atomic E-state index is 9.49. The normalized spacial score (nSPS) is 24.5. The predicted octanol–water partition coefficient (Wildman–Crippen LogP) is 1.56. The lowest BCUT2D eigenvalue weighted by molar-refractivity contribution is -0.0162. The summed E-state index contributed by atoms with van der Waals surface area (Å²) >= 11 is 0. The summed E-state index contributed by atoms with van der Waals surface area (Å²) < 4.78 is 0. The summed E-state index contributed by atoms with van der Waals surface area (Å²) in [5.41, 5.74) is 0.145. The van der Waals surface area contributed by atoms with E-state index < -0.39 is 0 Å². The van der Waals surface area contributed by atoms with E-state index in [1.165, 1.54) is 6.42 Å². The van der Waals surface area contributed by atoms with Crippen LogP contribution in [0.25, 0.3) is 0 Å². The fourth-order valence-corrected chi connectivity index (χ4v) is 1.43. The second-order valence-corrected chi connectivity index (χ2v) is 3.43. The first-order valence-electron chi connectivity index (χ1n) is 3.80. The van der Waals surface area contributed by atoms with Crippen LogP contribution >= 0.6 is 0 Å². The van der Waals surface area contributed by atoms with Crippen molar-refractivity contribution in [3.8, 4) is 12.3 Å². The van der Waals surface area contributed by atoms with Gasteiger partial charge in [-0.1, -0.05) is 13.3 Å². The van der Waals surface area contributed by atoms with Crippen LogP contribution in [0.4, 0.5) is 0 Å². The van der Waals surface area contributed by atoms with Gasteiger partial charge in [-0.05, 0) is 18.3 Å². The average molecular weight is 138 g/mol. The van der Waals surface area contributed by atoms with Crippen molar-refractivity contribution in [1.29, 1.82) is 0 Å². The topological polar surface area (TPSA) is 20.2 Å². The Hall–Kier alpha value is -0.480. The van der Waals surface area contributed by atoms with Gasteiger partial charge >= 0.3 is 0 Å². The molecule has 0 aliphatic heterocycles. The summed E-state index contributed by atoms with van der Waals surface area (Å²) in [6.07, 6.45) is 8.85. The molecule has 0 radical (unpaired) electrons. The Kier molecular flexibility index (Phi) is 2.01. The molecular weight excluding hydrogens is 124 g/mol. The van der Waals surface area contributed by atoms with Crippen molar-refractivity contribution in [3.63, 3.8) is 0 Å². The second kappa shape index (κ2) is 2.64. The van der Waals surface area contributed by atoms with E-state index >= 15 is 0 Å². The van der Waals surface area contributed by atoms with Crippen molar-refractivity contribution in [2.75, 3.05) is 0 Å². The Morgan fingerprint density at radius 1 is 1.70 bits per heavy atom. The highest BCUT2D eigenvalue weighted by Crippen LogP contribution is 2.44. The predicted molar refractivity (Wildman–Crippen MR) is 41.4 cm³/mol. The minimum atomic E-state index is -0.272. The molecule has 1 saturated carbocycles. The van der Waals surface area contributed by atoms with Crippen molar-refractivity contribution in [2.24, 2.45) is 5.41 Å².